The summed E-state index contributed by atoms with van der Waals surface area (Å²) in [5, 5.41) is 2.94. The molecule has 0 heterocycles. The number of amides is 1. The van der Waals surface area contributed by atoms with Gasteiger partial charge in [0.1, 0.15) is 11.8 Å². The van der Waals surface area contributed by atoms with Crippen LogP contribution in [0.2, 0.25) is 0 Å². The highest BCUT2D eigenvalue weighted by Crippen LogP contribution is 2.22. The van der Waals surface area contributed by atoms with E-state index < -0.39 is 10.0 Å². The van der Waals surface area contributed by atoms with Crippen LogP contribution in [0.25, 0.3) is 0 Å². The minimum Gasteiger partial charge on any atom is -0.496 e. The lowest BCUT2D eigenvalue weighted by molar-refractivity contribution is -0.890. The van der Waals surface area contributed by atoms with Gasteiger partial charge in [0.15, 0.2) is 0 Å². The number of rotatable bonds is 8. The molecule has 7 nitrogen and oxygen atoms in total. The predicted molar refractivity (Wildman–Crippen MR) is 108 cm³/mol. The summed E-state index contributed by atoms with van der Waals surface area (Å²) in [5.41, 5.74) is 1.42. The second-order valence-electron chi connectivity index (χ2n) is 6.89. The third-order valence-electron chi connectivity index (χ3n) is 4.57. The molecule has 0 unspecified atom stereocenters. The number of ether oxygens (including phenoxy) is 1. The molecule has 28 heavy (non-hydrogen) atoms. The lowest BCUT2D eigenvalue weighted by Crippen LogP contribution is -3.07. The van der Waals surface area contributed by atoms with Crippen LogP contribution in [0, 0.1) is 0 Å². The summed E-state index contributed by atoms with van der Waals surface area (Å²) in [7, 11) is 5.09. The number of nitrogens with zero attached hydrogens (tertiary/aromatic N) is 1. The Bertz CT molecular complexity index is 909. The zero-order chi connectivity index (χ0) is 20.9. The Morgan fingerprint density at radius 2 is 1.71 bits per heavy atom. The summed E-state index contributed by atoms with van der Waals surface area (Å²) < 4.78 is 30.8. The molecule has 152 valence electrons. The number of hydrogen-bond donors (Lipinski definition) is 2. The van der Waals surface area contributed by atoms with Crippen molar-refractivity contribution in [1.82, 2.24) is 9.62 Å². The van der Waals surface area contributed by atoms with Crippen molar-refractivity contribution < 1.29 is 22.8 Å². The van der Waals surface area contributed by atoms with E-state index >= 15 is 0 Å². The first-order valence-corrected chi connectivity index (χ1v) is 10.4. The van der Waals surface area contributed by atoms with Crippen molar-refractivity contribution in [2.24, 2.45) is 0 Å². The third kappa shape index (κ3) is 4.89. The largest absolute Gasteiger partial charge is 0.496 e. The van der Waals surface area contributed by atoms with Crippen LogP contribution in [0.4, 0.5) is 0 Å². The molecule has 8 heteroatoms. The van der Waals surface area contributed by atoms with Crippen LogP contribution in [0.5, 0.6) is 5.75 Å². The summed E-state index contributed by atoms with van der Waals surface area (Å²) >= 11 is 0. The molecule has 1 atom stereocenters. The number of quaternary nitrogens is 1. The minimum absolute atomic E-state index is 0.00786. The van der Waals surface area contributed by atoms with Gasteiger partial charge < -0.3 is 15.0 Å². The highest BCUT2D eigenvalue weighted by atomic mass is 32.2. The average molecular weight is 407 g/mol. The molecule has 0 spiro atoms. The Kier molecular flexibility index (Phi) is 7.17. The Hall–Kier alpha value is -2.42. The summed E-state index contributed by atoms with van der Waals surface area (Å²) in [6, 6.07) is 13.7. The van der Waals surface area contributed by atoms with Gasteiger partial charge in [0.05, 0.1) is 38.2 Å². The van der Waals surface area contributed by atoms with Crippen LogP contribution in [-0.2, 0) is 10.0 Å². The summed E-state index contributed by atoms with van der Waals surface area (Å²) in [4.78, 5) is 13.8. The number of benzene rings is 2. The summed E-state index contributed by atoms with van der Waals surface area (Å²) in [5.74, 6) is 0.524. The molecule has 0 aromatic heterocycles. The number of methoxy groups -OCH3 is 1. The van der Waals surface area contributed by atoms with Gasteiger partial charge in [0, 0.05) is 19.7 Å². The maximum Gasteiger partial charge on any atom is 0.251 e. The molecule has 1 amide bonds. The molecule has 2 aromatic rings. The fourth-order valence-corrected chi connectivity index (χ4v) is 3.77. The van der Waals surface area contributed by atoms with Gasteiger partial charge >= 0.3 is 0 Å². The molecule has 0 aliphatic heterocycles. The highest BCUT2D eigenvalue weighted by Gasteiger charge is 2.23. The minimum atomic E-state index is -3.52. The molecule has 2 N–H and O–H groups in total. The number of carbonyl (C=O) groups excluding carboxylic acids is 1. The van der Waals surface area contributed by atoms with Gasteiger partial charge in [-0.3, -0.25) is 4.79 Å². The van der Waals surface area contributed by atoms with E-state index in [2.05, 4.69) is 5.32 Å². The molecule has 0 aliphatic carbocycles. The van der Waals surface area contributed by atoms with Crippen LogP contribution in [-0.4, -0.2) is 60.5 Å². The topological polar surface area (TPSA) is 80.1 Å². The number of likely N-dealkylation sites (N-methyl/N-ethyl adjacent to an activating group) is 1. The molecular weight excluding hydrogens is 378 g/mol. The second kappa shape index (κ2) is 9.18. The molecule has 0 saturated heterocycles. The first kappa shape index (κ1) is 21.9. The molecule has 0 fully saturated rings. The van der Waals surface area contributed by atoms with Crippen molar-refractivity contribution in [3.05, 3.63) is 59.7 Å². The van der Waals surface area contributed by atoms with Gasteiger partial charge in [-0.15, -0.1) is 0 Å². The van der Waals surface area contributed by atoms with E-state index in [1.165, 1.54) is 38.4 Å². The van der Waals surface area contributed by atoms with E-state index in [9.17, 15) is 13.2 Å². The standard InChI is InChI=1S/C20H27N3O4S/c1-22(2)18(17-8-6-7-9-19(17)27-5)14-21-20(24)15-10-12-16(13-11-15)28(25,26)23(3)4/h6-13,18H,14H2,1-5H3,(H,21,24)/p+1/t18-/m1/s1. The number of nitrogens with one attached hydrogen (secondary N) is 2. The highest BCUT2D eigenvalue weighted by molar-refractivity contribution is 7.89. The first-order valence-electron chi connectivity index (χ1n) is 8.92. The molecule has 0 aliphatic rings. The number of sulfonamides is 1. The van der Waals surface area contributed by atoms with Crippen LogP contribution in [0.3, 0.4) is 0 Å². The first-order chi connectivity index (χ1) is 13.2. The average Bonchev–Trinajstić information content (AvgIpc) is 2.68. The van der Waals surface area contributed by atoms with Crippen LogP contribution in [0.15, 0.2) is 53.4 Å². The molecule has 2 rings (SSSR count). The number of hydrogen-bond acceptors (Lipinski definition) is 4. The van der Waals surface area contributed by atoms with Gasteiger partial charge in [0.25, 0.3) is 5.91 Å². The molecule has 0 radical (unpaired) electrons. The molecule has 2 aromatic carbocycles. The van der Waals surface area contributed by atoms with E-state index in [0.29, 0.717) is 12.1 Å². The van der Waals surface area contributed by atoms with Crippen molar-refractivity contribution in [2.75, 3.05) is 41.8 Å². The van der Waals surface area contributed by atoms with Gasteiger partial charge in [-0.25, -0.2) is 12.7 Å². The zero-order valence-electron chi connectivity index (χ0n) is 16.9. The Labute approximate surface area is 167 Å². The van der Waals surface area contributed by atoms with Crippen molar-refractivity contribution in [3.8, 4) is 5.75 Å². The van der Waals surface area contributed by atoms with Crippen LogP contribution >= 0.6 is 0 Å². The quantitative estimate of drug-likeness (QED) is 0.671. The number of para-hydroxylation sites is 1. The fourth-order valence-electron chi connectivity index (χ4n) is 2.87. The summed E-state index contributed by atoms with van der Waals surface area (Å²) in [6.07, 6.45) is 0. The third-order valence-corrected chi connectivity index (χ3v) is 6.40. The van der Waals surface area contributed by atoms with Crippen molar-refractivity contribution in [1.29, 1.82) is 0 Å². The van der Waals surface area contributed by atoms with Crippen molar-refractivity contribution in [3.63, 3.8) is 0 Å². The Balaban J connectivity index is 2.13. The Morgan fingerprint density at radius 1 is 1.11 bits per heavy atom. The SMILES string of the molecule is COc1ccccc1[C@@H](CNC(=O)c1ccc(S(=O)(=O)N(C)C)cc1)[NH+](C)C. The predicted octanol–water partition coefficient (Wildman–Crippen LogP) is 0.561. The van der Waals surface area contributed by atoms with Crippen molar-refractivity contribution >= 4 is 15.9 Å². The fraction of sp³-hybridized carbons (Fsp3) is 0.350. The molecular formula is C20H28N3O4S+. The molecule has 0 saturated carbocycles. The van der Waals surface area contributed by atoms with E-state index in [1.807, 2.05) is 38.4 Å². The van der Waals surface area contributed by atoms with E-state index in [0.717, 1.165) is 20.5 Å². The Morgan fingerprint density at radius 3 is 2.25 bits per heavy atom. The van der Waals surface area contributed by atoms with Gasteiger partial charge in [-0.05, 0) is 36.4 Å². The lowest BCUT2D eigenvalue weighted by atomic mass is 10.0. The lowest BCUT2D eigenvalue weighted by Gasteiger charge is -2.23. The van der Waals surface area contributed by atoms with Gasteiger partial charge in [0.2, 0.25) is 10.0 Å². The maximum absolute atomic E-state index is 12.5. The van der Waals surface area contributed by atoms with Crippen LogP contribution in [0.1, 0.15) is 22.0 Å². The summed E-state index contributed by atoms with van der Waals surface area (Å²) in [6.45, 7) is 0.416. The second-order valence-corrected chi connectivity index (χ2v) is 9.05. The van der Waals surface area contributed by atoms with Gasteiger partial charge in [-0.2, -0.15) is 0 Å². The zero-order valence-corrected chi connectivity index (χ0v) is 17.7. The maximum atomic E-state index is 12.5. The van der Waals surface area contributed by atoms with E-state index in [-0.39, 0.29) is 16.8 Å². The van der Waals surface area contributed by atoms with Crippen LogP contribution < -0.4 is 15.0 Å². The monoisotopic (exact) mass is 406 g/mol. The van der Waals surface area contributed by atoms with Crippen molar-refractivity contribution in [2.45, 2.75) is 10.9 Å². The normalized spacial score (nSPS) is 12.8. The smallest absolute Gasteiger partial charge is 0.251 e. The number of carbonyl (C=O) groups is 1. The van der Waals surface area contributed by atoms with E-state index in [4.69, 9.17) is 4.74 Å². The molecule has 0 bridgehead atoms. The van der Waals surface area contributed by atoms with E-state index in [1.54, 1.807) is 7.11 Å². The van der Waals surface area contributed by atoms with Gasteiger partial charge in [-0.1, -0.05) is 12.1 Å².